The molecular formula is C81H59N3. The largest absolute Gasteiger partial charge is 0.310 e. The zero-order chi connectivity index (χ0) is 56.1. The number of anilines is 6. The van der Waals surface area contributed by atoms with Gasteiger partial charge >= 0.3 is 0 Å². The Kier molecular flexibility index (Phi) is 9.43. The van der Waals surface area contributed by atoms with Crippen molar-refractivity contribution in [1.29, 1.82) is 0 Å². The van der Waals surface area contributed by atoms with Gasteiger partial charge in [0, 0.05) is 66.4 Å². The van der Waals surface area contributed by atoms with Gasteiger partial charge < -0.3 is 14.2 Å². The highest BCUT2D eigenvalue weighted by Crippen LogP contribution is 2.67. The Hall–Kier alpha value is -9.96. The Morgan fingerprint density at radius 3 is 1.31 bits per heavy atom. The maximum absolute atomic E-state index is 2.65. The fourth-order valence-electron chi connectivity index (χ4n) is 16.6. The first kappa shape index (κ1) is 47.7. The van der Waals surface area contributed by atoms with Gasteiger partial charge in [-0.15, -0.1) is 0 Å². The Balaban J connectivity index is 0.982. The lowest BCUT2D eigenvalue weighted by Crippen LogP contribution is -2.26. The van der Waals surface area contributed by atoms with Crippen LogP contribution in [0, 0.1) is 13.8 Å². The third kappa shape index (κ3) is 6.01. The second-order valence-electron chi connectivity index (χ2n) is 25.3. The van der Waals surface area contributed by atoms with Crippen molar-refractivity contribution >= 4 is 72.2 Å². The first-order valence-corrected chi connectivity index (χ1v) is 29.8. The number of aromatic nitrogens is 1. The fourth-order valence-corrected chi connectivity index (χ4v) is 16.6. The van der Waals surface area contributed by atoms with Crippen LogP contribution in [0.5, 0.6) is 0 Å². The molecule has 18 rings (SSSR count). The van der Waals surface area contributed by atoms with Gasteiger partial charge in [0.1, 0.15) is 0 Å². The van der Waals surface area contributed by atoms with Gasteiger partial charge in [-0.1, -0.05) is 204 Å². The van der Waals surface area contributed by atoms with Crippen molar-refractivity contribution in [2.75, 3.05) is 9.80 Å². The molecule has 0 saturated heterocycles. The quantitative estimate of drug-likeness (QED) is 0.164. The number of benzene rings is 12. The average molecular weight is 1070 g/mol. The van der Waals surface area contributed by atoms with Gasteiger partial charge in [-0.25, -0.2) is 0 Å². The molecule has 4 aliphatic rings. The fraction of sp³-hybridized carbons (Fsp3) is 0.111. The third-order valence-corrected chi connectivity index (χ3v) is 20.2. The standard InChI is InChI=1S/C81H59N3/c1-48-20-17-22-50(42-48)82(52-36-39-59-55-24-7-12-31-65(55)79(3,4)69(59)44-52)53-38-41-63-71(46-53)81(67-33-14-9-26-57(67)58-27-10-15-34-68(58)81)72-47-74(76-64-30-19-29-62-61-28-11-16-35-73(61)84(77(62)64)78(76)75(63)72)83(51-23-18-21-49(2)43-51)54-37-40-60-56-25-8-13-32-66(56)80(5,6)70(60)45-54/h7-47H,1-6H3. The second kappa shape index (κ2) is 16.6. The molecule has 3 heteroatoms. The van der Waals surface area contributed by atoms with E-state index in [-0.39, 0.29) is 10.8 Å². The van der Waals surface area contributed by atoms with Crippen LogP contribution in [0.3, 0.4) is 0 Å². The monoisotopic (exact) mass is 1070 g/mol. The summed E-state index contributed by atoms with van der Waals surface area (Å²) in [7, 11) is 0. The normalized spacial score (nSPS) is 14.8. The minimum atomic E-state index is -0.714. The molecule has 0 unspecified atom stereocenters. The molecule has 84 heavy (non-hydrogen) atoms. The number of nitrogens with zero attached hydrogens (tertiary/aromatic N) is 3. The van der Waals surface area contributed by atoms with Crippen LogP contribution in [0.4, 0.5) is 34.1 Å². The molecule has 0 amide bonds. The summed E-state index contributed by atoms with van der Waals surface area (Å²) in [6.45, 7) is 14.0. The molecule has 0 saturated carbocycles. The summed E-state index contributed by atoms with van der Waals surface area (Å²) in [6.07, 6.45) is 0. The molecule has 3 nitrogen and oxygen atoms in total. The summed E-state index contributed by atoms with van der Waals surface area (Å²) in [5, 5.41) is 5.04. The van der Waals surface area contributed by atoms with Gasteiger partial charge in [0.25, 0.3) is 0 Å². The Morgan fingerprint density at radius 2 is 0.726 bits per heavy atom. The Bertz CT molecular complexity index is 5150. The number of rotatable bonds is 6. The van der Waals surface area contributed by atoms with Gasteiger partial charge in [-0.2, -0.15) is 0 Å². The van der Waals surface area contributed by atoms with E-state index in [0.29, 0.717) is 0 Å². The molecule has 0 fully saturated rings. The van der Waals surface area contributed by atoms with E-state index in [1.54, 1.807) is 0 Å². The lowest BCUT2D eigenvalue weighted by Gasteiger charge is -2.34. The number of fused-ring (bicyclic) bond motifs is 23. The molecule has 14 aromatic rings. The lowest BCUT2D eigenvalue weighted by molar-refractivity contribution is 0.660. The van der Waals surface area contributed by atoms with Gasteiger partial charge in [-0.3, -0.25) is 0 Å². The number of para-hydroxylation sites is 2. The summed E-state index contributed by atoms with van der Waals surface area (Å²) < 4.78 is 2.65. The highest BCUT2D eigenvalue weighted by Gasteiger charge is 2.54. The van der Waals surface area contributed by atoms with E-state index in [0.717, 1.165) is 28.4 Å². The maximum Gasteiger partial charge on any atom is 0.0727 e. The molecule has 398 valence electrons. The van der Waals surface area contributed by atoms with Gasteiger partial charge in [-0.05, 0) is 181 Å². The predicted molar refractivity (Wildman–Crippen MR) is 351 cm³/mol. The van der Waals surface area contributed by atoms with Crippen molar-refractivity contribution in [2.45, 2.75) is 57.8 Å². The van der Waals surface area contributed by atoms with Gasteiger partial charge in [0.15, 0.2) is 0 Å². The molecule has 0 N–H and O–H groups in total. The minimum absolute atomic E-state index is 0.168. The second-order valence-corrected chi connectivity index (χ2v) is 25.3. The topological polar surface area (TPSA) is 10.9 Å². The SMILES string of the molecule is Cc1cccc(N(c2ccc3c(c2)C(C)(C)c2ccccc2-3)c2ccc3c(c2)C2(c4ccccc4-c4ccccc42)c2cc(N(c4cccc(C)c4)c4ccc5c(c4)C(C)(C)c4ccccc4-5)c4c5cccc6c7ccccc7n(c4c2-3)c65)c1. The predicted octanol–water partition coefficient (Wildman–Crippen LogP) is 21.3. The van der Waals surface area contributed by atoms with E-state index in [1.165, 1.54) is 144 Å². The van der Waals surface area contributed by atoms with Crippen LogP contribution in [0.25, 0.3) is 82.6 Å². The van der Waals surface area contributed by atoms with E-state index in [9.17, 15) is 0 Å². The van der Waals surface area contributed by atoms with Crippen molar-refractivity contribution in [1.82, 2.24) is 4.40 Å². The van der Waals surface area contributed by atoms with Crippen LogP contribution >= 0.6 is 0 Å². The minimum Gasteiger partial charge on any atom is -0.310 e. The first-order valence-electron chi connectivity index (χ1n) is 29.8. The van der Waals surface area contributed by atoms with E-state index in [2.05, 4.69) is 304 Å². The summed E-state index contributed by atoms with van der Waals surface area (Å²) in [4.78, 5) is 5.14. The van der Waals surface area contributed by atoms with Crippen LogP contribution in [-0.2, 0) is 16.2 Å². The number of aryl methyl sites for hydroxylation is 2. The van der Waals surface area contributed by atoms with Crippen molar-refractivity contribution in [3.63, 3.8) is 0 Å². The van der Waals surface area contributed by atoms with Crippen LogP contribution in [0.15, 0.2) is 249 Å². The molecule has 0 radical (unpaired) electrons. The van der Waals surface area contributed by atoms with Crippen molar-refractivity contribution in [3.05, 3.63) is 304 Å². The van der Waals surface area contributed by atoms with Crippen molar-refractivity contribution in [3.8, 4) is 44.5 Å². The Labute approximate surface area is 490 Å². The maximum atomic E-state index is 2.65. The third-order valence-electron chi connectivity index (χ3n) is 20.2. The van der Waals surface area contributed by atoms with Crippen molar-refractivity contribution in [2.24, 2.45) is 0 Å². The molecular weight excluding hydrogens is 1010 g/mol. The summed E-state index contributed by atoms with van der Waals surface area (Å²) in [5.74, 6) is 0. The van der Waals surface area contributed by atoms with Gasteiger partial charge in [0.05, 0.1) is 27.7 Å². The molecule has 2 aromatic heterocycles. The van der Waals surface area contributed by atoms with Crippen LogP contribution in [0.1, 0.15) is 83.3 Å². The highest BCUT2D eigenvalue weighted by atomic mass is 15.2. The van der Waals surface area contributed by atoms with Crippen molar-refractivity contribution < 1.29 is 0 Å². The van der Waals surface area contributed by atoms with Crippen LogP contribution < -0.4 is 9.80 Å². The molecule has 0 atom stereocenters. The summed E-state index contributed by atoms with van der Waals surface area (Å²) in [6, 6.07) is 95.6. The molecule has 0 aliphatic heterocycles. The van der Waals surface area contributed by atoms with E-state index >= 15 is 0 Å². The highest BCUT2D eigenvalue weighted by molar-refractivity contribution is 6.29. The number of hydrogen-bond acceptors (Lipinski definition) is 2. The van der Waals surface area contributed by atoms with Gasteiger partial charge in [0.2, 0.25) is 0 Å². The molecule has 0 bridgehead atoms. The first-order chi connectivity index (χ1) is 41.0. The average Bonchev–Trinajstić information content (AvgIpc) is 1.69. The Morgan fingerprint density at radius 1 is 0.298 bits per heavy atom. The molecule has 4 aliphatic carbocycles. The zero-order valence-corrected chi connectivity index (χ0v) is 48.0. The van der Waals surface area contributed by atoms with E-state index < -0.39 is 5.41 Å². The smallest absolute Gasteiger partial charge is 0.0727 e. The number of hydrogen-bond donors (Lipinski definition) is 0. The van der Waals surface area contributed by atoms with Crippen LogP contribution in [-0.4, -0.2) is 4.40 Å². The van der Waals surface area contributed by atoms with E-state index in [4.69, 9.17) is 0 Å². The molecule has 1 spiro atoms. The summed E-state index contributed by atoms with van der Waals surface area (Å²) >= 11 is 0. The molecule has 12 aromatic carbocycles. The summed E-state index contributed by atoms with van der Waals surface area (Å²) in [5.41, 5.74) is 33.0. The molecule has 2 heterocycles. The zero-order valence-electron chi connectivity index (χ0n) is 48.0. The van der Waals surface area contributed by atoms with Crippen LogP contribution in [0.2, 0.25) is 0 Å². The lowest BCUT2D eigenvalue weighted by atomic mass is 9.70. The van der Waals surface area contributed by atoms with E-state index in [1.807, 2.05) is 0 Å².